The number of nitrogens with zero attached hydrogens (tertiary/aromatic N) is 1. The Morgan fingerprint density at radius 3 is 2.53 bits per heavy atom. The van der Waals surface area contributed by atoms with Crippen molar-refractivity contribution in [1.82, 2.24) is 0 Å². The second kappa shape index (κ2) is 6.30. The van der Waals surface area contributed by atoms with Crippen LogP contribution in [0.4, 0.5) is 5.69 Å². The third-order valence-electron chi connectivity index (χ3n) is 2.30. The highest BCUT2D eigenvalue weighted by Crippen LogP contribution is 2.18. The van der Waals surface area contributed by atoms with Crippen molar-refractivity contribution in [2.75, 3.05) is 23.5 Å². The first-order valence-electron chi connectivity index (χ1n) is 5.14. The van der Waals surface area contributed by atoms with E-state index in [-0.39, 0.29) is 17.4 Å². The molecule has 0 aliphatic heterocycles. The van der Waals surface area contributed by atoms with E-state index in [0.29, 0.717) is 0 Å². The number of carbonyl (C=O) groups is 2. The van der Waals surface area contributed by atoms with Gasteiger partial charge in [-0.15, -0.1) is 11.8 Å². The van der Waals surface area contributed by atoms with Crippen LogP contribution >= 0.6 is 11.8 Å². The van der Waals surface area contributed by atoms with Gasteiger partial charge in [0.1, 0.15) is 0 Å². The lowest BCUT2D eigenvalue weighted by molar-refractivity contribution is -0.133. The zero-order valence-electron chi connectivity index (χ0n) is 9.84. The Morgan fingerprint density at radius 1 is 1.29 bits per heavy atom. The molecule has 0 aliphatic rings. The number of rotatable bonds is 5. The first-order valence-corrected chi connectivity index (χ1v) is 6.29. The molecule has 1 N–H and O–H groups in total. The summed E-state index contributed by atoms with van der Waals surface area (Å²) in [5.41, 5.74) is 1.88. The molecule has 1 aromatic rings. The summed E-state index contributed by atoms with van der Waals surface area (Å²) in [5, 5.41) is 8.48. The second-order valence-electron chi connectivity index (χ2n) is 3.63. The molecule has 1 rings (SSSR count). The van der Waals surface area contributed by atoms with Crippen LogP contribution in [-0.2, 0) is 9.59 Å². The van der Waals surface area contributed by atoms with Crippen molar-refractivity contribution in [3.05, 3.63) is 29.8 Å². The molecule has 1 aromatic carbocycles. The maximum absolute atomic E-state index is 11.8. The maximum atomic E-state index is 11.8. The molecule has 0 aliphatic carbocycles. The Labute approximate surface area is 105 Å². The molecule has 92 valence electrons. The van der Waals surface area contributed by atoms with E-state index < -0.39 is 5.97 Å². The summed E-state index contributed by atoms with van der Waals surface area (Å²) >= 11 is 1.11. The molecule has 0 fully saturated rings. The number of anilines is 1. The molecule has 0 radical (unpaired) electrons. The summed E-state index contributed by atoms with van der Waals surface area (Å²) in [6, 6.07) is 7.59. The Hall–Kier alpha value is -1.49. The van der Waals surface area contributed by atoms with E-state index in [1.165, 1.54) is 0 Å². The van der Waals surface area contributed by atoms with Crippen molar-refractivity contribution in [2.24, 2.45) is 0 Å². The van der Waals surface area contributed by atoms with Crippen molar-refractivity contribution in [1.29, 1.82) is 0 Å². The normalized spacial score (nSPS) is 10.0. The number of benzene rings is 1. The fraction of sp³-hybridized carbons (Fsp3) is 0.333. The third-order valence-corrected chi connectivity index (χ3v) is 3.20. The zero-order valence-corrected chi connectivity index (χ0v) is 10.7. The minimum Gasteiger partial charge on any atom is -0.481 e. The Kier molecular flexibility index (Phi) is 5.03. The number of aryl methyl sites for hydroxylation is 1. The number of carbonyl (C=O) groups excluding carboxylic acids is 1. The highest BCUT2D eigenvalue weighted by atomic mass is 32.2. The molecule has 0 heterocycles. The number of carboxylic acids is 1. The molecular weight excluding hydrogens is 238 g/mol. The van der Waals surface area contributed by atoms with Crippen LogP contribution in [0.15, 0.2) is 24.3 Å². The minimum atomic E-state index is -0.902. The lowest BCUT2D eigenvalue weighted by Crippen LogP contribution is -2.28. The van der Waals surface area contributed by atoms with Gasteiger partial charge in [-0.3, -0.25) is 9.59 Å². The number of aliphatic carboxylic acids is 1. The fourth-order valence-corrected chi connectivity index (χ4v) is 2.04. The van der Waals surface area contributed by atoms with Crippen molar-refractivity contribution in [2.45, 2.75) is 6.92 Å². The molecule has 5 heteroatoms. The van der Waals surface area contributed by atoms with Gasteiger partial charge in [0, 0.05) is 12.7 Å². The van der Waals surface area contributed by atoms with Gasteiger partial charge in [0.25, 0.3) is 0 Å². The van der Waals surface area contributed by atoms with E-state index in [9.17, 15) is 9.59 Å². The summed E-state index contributed by atoms with van der Waals surface area (Å²) in [6.45, 7) is 1.93. The summed E-state index contributed by atoms with van der Waals surface area (Å²) in [7, 11) is 1.70. The average Bonchev–Trinajstić information content (AvgIpc) is 2.28. The predicted octanol–water partition coefficient (Wildman–Crippen LogP) is 1.78. The van der Waals surface area contributed by atoms with Crippen LogP contribution in [0, 0.1) is 6.92 Å². The second-order valence-corrected chi connectivity index (χ2v) is 4.61. The summed E-state index contributed by atoms with van der Waals surface area (Å²) in [4.78, 5) is 23.7. The molecule has 0 atom stereocenters. The van der Waals surface area contributed by atoms with Gasteiger partial charge >= 0.3 is 5.97 Å². The molecular formula is C12H15NO3S. The first kappa shape index (κ1) is 13.6. The number of para-hydroxylation sites is 1. The van der Waals surface area contributed by atoms with Crippen molar-refractivity contribution < 1.29 is 14.7 Å². The van der Waals surface area contributed by atoms with Crippen LogP contribution in [-0.4, -0.2) is 35.5 Å². The van der Waals surface area contributed by atoms with Gasteiger partial charge in [-0.25, -0.2) is 0 Å². The molecule has 0 aromatic heterocycles. The van der Waals surface area contributed by atoms with Crippen LogP contribution < -0.4 is 4.90 Å². The quantitative estimate of drug-likeness (QED) is 0.869. The number of hydrogen-bond donors (Lipinski definition) is 1. The topological polar surface area (TPSA) is 57.6 Å². The van der Waals surface area contributed by atoms with Crippen molar-refractivity contribution >= 4 is 29.3 Å². The van der Waals surface area contributed by atoms with Gasteiger partial charge in [0.15, 0.2) is 0 Å². The Bertz CT molecular complexity index is 420. The van der Waals surface area contributed by atoms with Crippen LogP contribution in [0.3, 0.4) is 0 Å². The highest BCUT2D eigenvalue weighted by Gasteiger charge is 2.12. The van der Waals surface area contributed by atoms with E-state index in [1.807, 2.05) is 31.2 Å². The molecule has 17 heavy (non-hydrogen) atoms. The van der Waals surface area contributed by atoms with Gasteiger partial charge in [0.05, 0.1) is 11.5 Å². The number of hydrogen-bond acceptors (Lipinski definition) is 3. The SMILES string of the molecule is Cc1ccccc1N(C)C(=O)CSCC(=O)O. The molecule has 4 nitrogen and oxygen atoms in total. The smallest absolute Gasteiger partial charge is 0.313 e. The largest absolute Gasteiger partial charge is 0.481 e. The molecule has 0 spiro atoms. The number of carboxylic acid groups (broad SMARTS) is 1. The summed E-state index contributed by atoms with van der Waals surface area (Å²) in [6.07, 6.45) is 0. The average molecular weight is 253 g/mol. The van der Waals surface area contributed by atoms with Gasteiger partial charge in [-0.2, -0.15) is 0 Å². The molecule has 0 saturated carbocycles. The molecule has 1 amide bonds. The lowest BCUT2D eigenvalue weighted by Gasteiger charge is -2.19. The minimum absolute atomic E-state index is 0.0483. The van der Waals surface area contributed by atoms with E-state index in [4.69, 9.17) is 5.11 Å². The van der Waals surface area contributed by atoms with Crippen LogP contribution in [0.25, 0.3) is 0 Å². The van der Waals surface area contributed by atoms with Crippen molar-refractivity contribution in [3.63, 3.8) is 0 Å². The zero-order chi connectivity index (χ0) is 12.8. The monoisotopic (exact) mass is 253 g/mol. The van der Waals surface area contributed by atoms with E-state index in [1.54, 1.807) is 11.9 Å². The Morgan fingerprint density at radius 2 is 1.94 bits per heavy atom. The van der Waals surface area contributed by atoms with E-state index >= 15 is 0 Å². The van der Waals surface area contributed by atoms with E-state index in [0.717, 1.165) is 23.0 Å². The van der Waals surface area contributed by atoms with Crippen LogP contribution in [0.5, 0.6) is 0 Å². The standard InChI is InChI=1S/C12H15NO3S/c1-9-5-3-4-6-10(9)13(2)11(14)7-17-8-12(15)16/h3-6H,7-8H2,1-2H3,(H,15,16). The van der Waals surface area contributed by atoms with Gasteiger partial charge < -0.3 is 10.0 Å². The molecule has 0 bridgehead atoms. The van der Waals surface area contributed by atoms with E-state index in [2.05, 4.69) is 0 Å². The van der Waals surface area contributed by atoms with Crippen LogP contribution in [0.1, 0.15) is 5.56 Å². The third kappa shape index (κ3) is 4.11. The molecule has 0 unspecified atom stereocenters. The predicted molar refractivity (Wildman–Crippen MR) is 69.5 cm³/mol. The fourth-order valence-electron chi connectivity index (χ4n) is 1.40. The Balaban J connectivity index is 2.58. The van der Waals surface area contributed by atoms with Gasteiger partial charge in [-0.1, -0.05) is 18.2 Å². The lowest BCUT2D eigenvalue weighted by atomic mass is 10.2. The highest BCUT2D eigenvalue weighted by molar-refractivity contribution is 8.00. The number of thioether (sulfide) groups is 1. The van der Waals surface area contributed by atoms with Crippen LogP contribution in [0.2, 0.25) is 0 Å². The maximum Gasteiger partial charge on any atom is 0.313 e. The van der Waals surface area contributed by atoms with Gasteiger partial charge in [0.2, 0.25) is 5.91 Å². The summed E-state index contributed by atoms with van der Waals surface area (Å²) in [5.74, 6) is -0.864. The number of amides is 1. The first-order chi connectivity index (χ1) is 8.02. The van der Waals surface area contributed by atoms with Crippen molar-refractivity contribution in [3.8, 4) is 0 Å². The van der Waals surface area contributed by atoms with Gasteiger partial charge in [-0.05, 0) is 18.6 Å². The molecule has 0 saturated heterocycles. The summed E-state index contributed by atoms with van der Waals surface area (Å²) < 4.78 is 0.